The number of H-pyrrole nitrogens is 1. The van der Waals surface area contributed by atoms with Crippen LogP contribution in [0.3, 0.4) is 0 Å². The molecule has 1 aliphatic heterocycles. The molecule has 138 valence electrons. The zero-order valence-electron chi connectivity index (χ0n) is 14.9. The van der Waals surface area contributed by atoms with Crippen molar-refractivity contribution in [3.05, 3.63) is 52.9 Å². The molecular formula is C20H19F2N5. The quantitative estimate of drug-likeness (QED) is 0.512. The van der Waals surface area contributed by atoms with E-state index in [9.17, 15) is 8.78 Å². The fraction of sp³-hybridized carbons (Fsp3) is 0.300. The van der Waals surface area contributed by atoms with Gasteiger partial charge in [-0.05, 0) is 51.2 Å². The molecule has 0 aliphatic carbocycles. The van der Waals surface area contributed by atoms with Gasteiger partial charge in [0.25, 0.3) is 0 Å². The predicted molar refractivity (Wildman–Crippen MR) is 100 cm³/mol. The van der Waals surface area contributed by atoms with Crippen molar-refractivity contribution in [1.29, 1.82) is 0 Å². The molecule has 0 unspecified atom stereocenters. The summed E-state index contributed by atoms with van der Waals surface area (Å²) < 4.78 is 27.8. The number of likely N-dealkylation sites (tertiary alicyclic amines) is 1. The third-order valence-electron chi connectivity index (χ3n) is 5.02. The number of aromatic amines is 1. The van der Waals surface area contributed by atoms with Crippen LogP contribution in [0.15, 0.2) is 24.4 Å². The third kappa shape index (κ3) is 3.36. The number of rotatable bonds is 1. The summed E-state index contributed by atoms with van der Waals surface area (Å²) in [6.07, 6.45) is 3.64. The summed E-state index contributed by atoms with van der Waals surface area (Å²) in [4.78, 5) is 6.62. The van der Waals surface area contributed by atoms with Gasteiger partial charge in [-0.25, -0.2) is 13.8 Å². The molecule has 5 nitrogen and oxygen atoms in total. The highest BCUT2D eigenvalue weighted by molar-refractivity contribution is 5.79. The van der Waals surface area contributed by atoms with Crippen molar-refractivity contribution in [3.8, 4) is 11.8 Å². The minimum Gasteiger partial charge on any atom is -0.396 e. The first-order valence-corrected chi connectivity index (χ1v) is 8.81. The van der Waals surface area contributed by atoms with Crippen LogP contribution in [0.1, 0.15) is 35.6 Å². The molecule has 3 aromatic rings. The maximum absolute atomic E-state index is 14.0. The highest BCUT2D eigenvalue weighted by Crippen LogP contribution is 2.30. The van der Waals surface area contributed by atoms with E-state index in [2.05, 4.69) is 39.0 Å². The lowest BCUT2D eigenvalue weighted by atomic mass is 9.92. The number of fused-ring (bicyclic) bond motifs is 1. The van der Waals surface area contributed by atoms with E-state index >= 15 is 0 Å². The Labute approximate surface area is 155 Å². The van der Waals surface area contributed by atoms with E-state index in [4.69, 9.17) is 5.73 Å². The van der Waals surface area contributed by atoms with E-state index in [1.54, 1.807) is 6.20 Å². The van der Waals surface area contributed by atoms with Crippen molar-refractivity contribution in [1.82, 2.24) is 20.1 Å². The Morgan fingerprint density at radius 3 is 2.78 bits per heavy atom. The number of nitrogens with two attached hydrogens (primary N) is 1. The minimum atomic E-state index is -0.841. The van der Waals surface area contributed by atoms with Crippen LogP contribution in [0.25, 0.3) is 11.0 Å². The molecule has 0 amide bonds. The lowest BCUT2D eigenvalue weighted by Crippen LogP contribution is -2.29. The molecule has 0 bridgehead atoms. The Kier molecular flexibility index (Phi) is 4.50. The smallest absolute Gasteiger partial charge is 0.181 e. The maximum atomic E-state index is 14.0. The summed E-state index contributed by atoms with van der Waals surface area (Å²) in [7, 11) is 2.12. The average molecular weight is 367 g/mol. The third-order valence-corrected chi connectivity index (χ3v) is 5.02. The number of halogens is 2. The standard InChI is InChI=1S/C20H19F2N5/c1-27-8-6-13(7-9-27)19-15-10-12(11-24-20(15)26-25-19)2-3-14-16(21)4-5-17(23)18(14)22/h4-5,10-11,13H,6-9,23H2,1H3,(H,24,25,26). The fourth-order valence-corrected chi connectivity index (χ4v) is 3.41. The van der Waals surface area contributed by atoms with Gasteiger partial charge in [-0.1, -0.05) is 11.8 Å². The van der Waals surface area contributed by atoms with Gasteiger partial charge in [-0.15, -0.1) is 0 Å². The Bertz CT molecular complexity index is 1060. The highest BCUT2D eigenvalue weighted by atomic mass is 19.1. The first-order chi connectivity index (χ1) is 13.0. The topological polar surface area (TPSA) is 70.8 Å². The molecule has 7 heteroatoms. The summed E-state index contributed by atoms with van der Waals surface area (Å²) in [5, 5.41) is 8.29. The van der Waals surface area contributed by atoms with E-state index in [1.165, 1.54) is 6.07 Å². The second-order valence-electron chi connectivity index (χ2n) is 6.89. The minimum absolute atomic E-state index is 0.131. The Hall–Kier alpha value is -2.98. The van der Waals surface area contributed by atoms with Crippen molar-refractivity contribution in [2.75, 3.05) is 25.9 Å². The van der Waals surface area contributed by atoms with Gasteiger partial charge in [0.1, 0.15) is 5.82 Å². The molecule has 0 atom stereocenters. The zero-order valence-corrected chi connectivity index (χ0v) is 14.9. The molecule has 0 saturated carbocycles. The second kappa shape index (κ2) is 6.97. The Balaban J connectivity index is 1.69. The summed E-state index contributed by atoms with van der Waals surface area (Å²) >= 11 is 0. The average Bonchev–Trinajstić information content (AvgIpc) is 3.09. The van der Waals surface area contributed by atoms with E-state index < -0.39 is 11.6 Å². The van der Waals surface area contributed by atoms with Crippen molar-refractivity contribution < 1.29 is 8.78 Å². The molecule has 1 aliphatic rings. The van der Waals surface area contributed by atoms with Gasteiger partial charge >= 0.3 is 0 Å². The van der Waals surface area contributed by atoms with E-state index in [-0.39, 0.29) is 11.3 Å². The van der Waals surface area contributed by atoms with Gasteiger partial charge < -0.3 is 10.6 Å². The maximum Gasteiger partial charge on any atom is 0.181 e. The zero-order chi connectivity index (χ0) is 19.0. The van der Waals surface area contributed by atoms with Crippen LogP contribution in [-0.4, -0.2) is 40.2 Å². The van der Waals surface area contributed by atoms with Crippen molar-refractivity contribution in [3.63, 3.8) is 0 Å². The number of nitrogen functional groups attached to an aromatic ring is 1. The predicted octanol–water partition coefficient (Wildman–Crippen LogP) is 3.03. The molecule has 1 fully saturated rings. The number of nitrogens with zero attached hydrogens (tertiary/aromatic N) is 3. The molecule has 4 rings (SSSR count). The lowest BCUT2D eigenvalue weighted by molar-refractivity contribution is 0.254. The van der Waals surface area contributed by atoms with E-state index in [0.29, 0.717) is 17.1 Å². The number of pyridine rings is 1. The van der Waals surface area contributed by atoms with Gasteiger partial charge in [0.05, 0.1) is 11.3 Å². The monoisotopic (exact) mass is 367 g/mol. The van der Waals surface area contributed by atoms with Crippen LogP contribution < -0.4 is 5.73 Å². The number of piperidine rings is 1. The van der Waals surface area contributed by atoms with Crippen LogP contribution >= 0.6 is 0 Å². The summed E-state index contributed by atoms with van der Waals surface area (Å²) in [6.45, 7) is 2.07. The van der Waals surface area contributed by atoms with Crippen molar-refractivity contribution in [2.45, 2.75) is 18.8 Å². The molecule has 0 spiro atoms. The molecular weight excluding hydrogens is 348 g/mol. The molecule has 1 aromatic carbocycles. The molecule has 0 radical (unpaired) electrons. The van der Waals surface area contributed by atoms with Gasteiger partial charge in [0.15, 0.2) is 11.5 Å². The first kappa shape index (κ1) is 17.4. The van der Waals surface area contributed by atoms with Crippen LogP contribution in [-0.2, 0) is 0 Å². The van der Waals surface area contributed by atoms with Gasteiger partial charge in [0, 0.05) is 28.8 Å². The molecule has 2 aromatic heterocycles. The van der Waals surface area contributed by atoms with E-state index in [1.807, 2.05) is 6.07 Å². The number of hydrogen-bond acceptors (Lipinski definition) is 4. The van der Waals surface area contributed by atoms with Gasteiger partial charge in [-0.3, -0.25) is 5.10 Å². The molecule has 27 heavy (non-hydrogen) atoms. The Morgan fingerprint density at radius 2 is 2.00 bits per heavy atom. The van der Waals surface area contributed by atoms with Crippen molar-refractivity contribution in [2.24, 2.45) is 0 Å². The van der Waals surface area contributed by atoms with Crippen LogP contribution in [0, 0.1) is 23.5 Å². The lowest BCUT2D eigenvalue weighted by Gasteiger charge is -2.28. The number of benzene rings is 1. The van der Waals surface area contributed by atoms with Gasteiger partial charge in [0.2, 0.25) is 0 Å². The molecule has 3 N–H and O–H groups in total. The number of anilines is 1. The fourth-order valence-electron chi connectivity index (χ4n) is 3.41. The summed E-state index contributed by atoms with van der Waals surface area (Å²) in [6, 6.07) is 4.16. The SMILES string of the molecule is CN1CCC(c2[nH]nc3ncc(C#Cc4c(F)ccc(N)c4F)cc23)CC1. The number of nitrogens with one attached hydrogen (secondary N) is 1. The largest absolute Gasteiger partial charge is 0.396 e. The number of hydrogen-bond donors (Lipinski definition) is 2. The second-order valence-corrected chi connectivity index (χ2v) is 6.89. The Morgan fingerprint density at radius 1 is 1.22 bits per heavy atom. The van der Waals surface area contributed by atoms with Crippen LogP contribution in [0.2, 0.25) is 0 Å². The van der Waals surface area contributed by atoms with E-state index in [0.717, 1.165) is 43.1 Å². The number of aromatic nitrogens is 3. The van der Waals surface area contributed by atoms with Gasteiger partial charge in [-0.2, -0.15) is 5.10 Å². The summed E-state index contributed by atoms with van der Waals surface area (Å²) in [5.74, 6) is 4.14. The highest BCUT2D eigenvalue weighted by Gasteiger charge is 2.22. The normalized spacial score (nSPS) is 15.7. The first-order valence-electron chi connectivity index (χ1n) is 8.81. The summed E-state index contributed by atoms with van der Waals surface area (Å²) in [5.41, 5.74) is 7.27. The molecule has 3 heterocycles. The van der Waals surface area contributed by atoms with Crippen LogP contribution in [0.4, 0.5) is 14.5 Å². The molecule has 1 saturated heterocycles. The van der Waals surface area contributed by atoms with Crippen LogP contribution in [0.5, 0.6) is 0 Å². The van der Waals surface area contributed by atoms with Crippen molar-refractivity contribution >= 4 is 16.7 Å².